The van der Waals surface area contributed by atoms with E-state index in [1.807, 2.05) is 6.92 Å². The highest BCUT2D eigenvalue weighted by atomic mass is 16.5. The molecule has 0 aliphatic carbocycles. The molecule has 1 unspecified atom stereocenters. The van der Waals surface area contributed by atoms with Crippen LogP contribution in [0.25, 0.3) is 0 Å². The average molecular weight is 253 g/mol. The predicted octanol–water partition coefficient (Wildman–Crippen LogP) is 1.85. The predicted molar refractivity (Wildman–Crippen MR) is 68.6 cm³/mol. The van der Waals surface area contributed by atoms with E-state index >= 15 is 0 Å². The summed E-state index contributed by atoms with van der Waals surface area (Å²) in [5.41, 5.74) is 6.53. The molecule has 100 valence electrons. The highest BCUT2D eigenvalue weighted by Gasteiger charge is 2.19. The molecule has 5 heteroatoms. The second-order valence-electron chi connectivity index (χ2n) is 4.08. The number of aromatic carboxylic acids is 1. The molecule has 1 aromatic rings. The van der Waals surface area contributed by atoms with E-state index in [-0.39, 0.29) is 11.5 Å². The minimum Gasteiger partial charge on any atom is -0.493 e. The molecule has 5 nitrogen and oxygen atoms in total. The van der Waals surface area contributed by atoms with Gasteiger partial charge in [0.1, 0.15) is 0 Å². The third-order valence-corrected chi connectivity index (χ3v) is 2.89. The summed E-state index contributed by atoms with van der Waals surface area (Å²) >= 11 is 0. The maximum atomic E-state index is 11.1. The van der Waals surface area contributed by atoms with Gasteiger partial charge in [-0.15, -0.1) is 0 Å². The van der Waals surface area contributed by atoms with Crippen LogP contribution < -0.4 is 15.2 Å². The second-order valence-corrected chi connectivity index (χ2v) is 4.08. The number of benzene rings is 1. The van der Waals surface area contributed by atoms with E-state index in [9.17, 15) is 4.79 Å². The van der Waals surface area contributed by atoms with Crippen LogP contribution in [0.5, 0.6) is 11.5 Å². The second kappa shape index (κ2) is 6.26. The standard InChI is InChI=1S/C13H19NO4/c1-8(4-5-14)10-6-9(13(15)16)7-11(17-2)12(10)18-3/h6-8H,4-5,14H2,1-3H3,(H,15,16). The molecule has 1 aromatic carbocycles. The van der Waals surface area contributed by atoms with Gasteiger partial charge < -0.3 is 20.3 Å². The van der Waals surface area contributed by atoms with Crippen LogP contribution in [0.2, 0.25) is 0 Å². The molecular formula is C13H19NO4. The van der Waals surface area contributed by atoms with E-state index in [0.29, 0.717) is 18.0 Å². The summed E-state index contributed by atoms with van der Waals surface area (Å²) in [6.07, 6.45) is 0.753. The lowest BCUT2D eigenvalue weighted by Crippen LogP contribution is -2.08. The molecule has 0 aliphatic heterocycles. The van der Waals surface area contributed by atoms with Crippen LogP contribution in [0.3, 0.4) is 0 Å². The Hall–Kier alpha value is -1.75. The molecule has 0 spiro atoms. The van der Waals surface area contributed by atoms with Crippen LogP contribution in [-0.4, -0.2) is 31.8 Å². The van der Waals surface area contributed by atoms with Crippen LogP contribution in [0, 0.1) is 0 Å². The van der Waals surface area contributed by atoms with Crippen LogP contribution in [-0.2, 0) is 0 Å². The quantitative estimate of drug-likeness (QED) is 0.808. The number of rotatable bonds is 6. The number of methoxy groups -OCH3 is 2. The van der Waals surface area contributed by atoms with Gasteiger partial charge in [0.2, 0.25) is 0 Å². The number of ether oxygens (including phenoxy) is 2. The zero-order valence-corrected chi connectivity index (χ0v) is 10.9. The topological polar surface area (TPSA) is 81.8 Å². The number of carboxylic acid groups (broad SMARTS) is 1. The molecule has 0 aromatic heterocycles. The van der Waals surface area contributed by atoms with Gasteiger partial charge in [0.15, 0.2) is 11.5 Å². The van der Waals surface area contributed by atoms with Gasteiger partial charge in [0.25, 0.3) is 0 Å². The zero-order chi connectivity index (χ0) is 13.7. The van der Waals surface area contributed by atoms with E-state index in [4.69, 9.17) is 20.3 Å². The first-order valence-corrected chi connectivity index (χ1v) is 5.74. The fourth-order valence-electron chi connectivity index (χ4n) is 1.89. The van der Waals surface area contributed by atoms with Gasteiger partial charge in [-0.05, 0) is 31.0 Å². The molecule has 0 heterocycles. The van der Waals surface area contributed by atoms with Gasteiger partial charge in [-0.25, -0.2) is 4.79 Å². The molecule has 0 saturated heterocycles. The van der Waals surface area contributed by atoms with Gasteiger partial charge in [0.05, 0.1) is 19.8 Å². The van der Waals surface area contributed by atoms with Gasteiger partial charge in [0, 0.05) is 5.56 Å². The first kappa shape index (κ1) is 14.3. The molecule has 1 atom stereocenters. The van der Waals surface area contributed by atoms with Gasteiger partial charge in [-0.1, -0.05) is 6.92 Å². The summed E-state index contributed by atoms with van der Waals surface area (Å²) in [5, 5.41) is 9.08. The van der Waals surface area contributed by atoms with E-state index in [1.54, 1.807) is 6.07 Å². The molecule has 0 aliphatic rings. The molecule has 1 rings (SSSR count). The molecule has 0 amide bonds. The van der Waals surface area contributed by atoms with Crippen molar-refractivity contribution in [2.24, 2.45) is 5.73 Å². The van der Waals surface area contributed by atoms with Gasteiger partial charge >= 0.3 is 5.97 Å². The molecule has 0 radical (unpaired) electrons. The first-order chi connectivity index (χ1) is 8.54. The summed E-state index contributed by atoms with van der Waals surface area (Å²) in [6.45, 7) is 2.51. The minimum atomic E-state index is -0.989. The van der Waals surface area contributed by atoms with E-state index in [2.05, 4.69) is 0 Å². The SMILES string of the molecule is COc1cc(C(=O)O)cc(C(C)CCN)c1OC. The molecule has 18 heavy (non-hydrogen) atoms. The number of carbonyl (C=O) groups is 1. The van der Waals surface area contributed by atoms with Crippen molar-refractivity contribution in [3.63, 3.8) is 0 Å². The molecule has 0 bridgehead atoms. The molecule has 0 saturated carbocycles. The Balaban J connectivity index is 3.35. The third kappa shape index (κ3) is 2.92. The van der Waals surface area contributed by atoms with E-state index < -0.39 is 5.97 Å². The lowest BCUT2D eigenvalue weighted by molar-refractivity contribution is 0.0696. The number of nitrogens with two attached hydrogens (primary N) is 1. The highest BCUT2D eigenvalue weighted by Crippen LogP contribution is 2.37. The van der Waals surface area contributed by atoms with Crippen molar-refractivity contribution in [3.05, 3.63) is 23.3 Å². The fourth-order valence-corrected chi connectivity index (χ4v) is 1.89. The van der Waals surface area contributed by atoms with Crippen molar-refractivity contribution in [3.8, 4) is 11.5 Å². The van der Waals surface area contributed by atoms with Crippen molar-refractivity contribution in [1.29, 1.82) is 0 Å². The summed E-state index contributed by atoms with van der Waals surface area (Å²) in [7, 11) is 3.03. The van der Waals surface area contributed by atoms with Crippen molar-refractivity contribution in [2.75, 3.05) is 20.8 Å². The first-order valence-electron chi connectivity index (χ1n) is 5.74. The van der Waals surface area contributed by atoms with Crippen molar-refractivity contribution < 1.29 is 19.4 Å². The Morgan fingerprint density at radius 1 is 1.39 bits per heavy atom. The number of hydrogen-bond acceptors (Lipinski definition) is 4. The normalized spacial score (nSPS) is 12.0. The average Bonchev–Trinajstić information content (AvgIpc) is 2.37. The molecular weight excluding hydrogens is 234 g/mol. The Morgan fingerprint density at radius 2 is 2.06 bits per heavy atom. The summed E-state index contributed by atoms with van der Waals surface area (Å²) in [5.74, 6) is 0.120. The smallest absolute Gasteiger partial charge is 0.335 e. The largest absolute Gasteiger partial charge is 0.493 e. The summed E-state index contributed by atoms with van der Waals surface area (Å²) in [4.78, 5) is 11.1. The van der Waals surface area contributed by atoms with Gasteiger partial charge in [-0.3, -0.25) is 0 Å². The Labute approximate surface area is 107 Å². The van der Waals surface area contributed by atoms with E-state index in [0.717, 1.165) is 12.0 Å². The van der Waals surface area contributed by atoms with Crippen LogP contribution in [0.4, 0.5) is 0 Å². The lowest BCUT2D eigenvalue weighted by atomic mass is 9.94. The van der Waals surface area contributed by atoms with Crippen LogP contribution in [0.1, 0.15) is 35.2 Å². The lowest BCUT2D eigenvalue weighted by Gasteiger charge is -2.18. The van der Waals surface area contributed by atoms with Crippen molar-refractivity contribution in [2.45, 2.75) is 19.3 Å². The maximum absolute atomic E-state index is 11.1. The number of carboxylic acids is 1. The zero-order valence-electron chi connectivity index (χ0n) is 10.9. The Kier molecular flexibility index (Phi) is 4.97. The highest BCUT2D eigenvalue weighted by molar-refractivity contribution is 5.89. The molecule has 0 fully saturated rings. The monoisotopic (exact) mass is 253 g/mol. The van der Waals surface area contributed by atoms with Gasteiger partial charge in [-0.2, -0.15) is 0 Å². The summed E-state index contributed by atoms with van der Waals surface area (Å²) in [6, 6.07) is 3.07. The molecule has 3 N–H and O–H groups in total. The van der Waals surface area contributed by atoms with Crippen LogP contribution >= 0.6 is 0 Å². The van der Waals surface area contributed by atoms with Crippen molar-refractivity contribution >= 4 is 5.97 Å². The maximum Gasteiger partial charge on any atom is 0.335 e. The number of hydrogen-bond donors (Lipinski definition) is 2. The van der Waals surface area contributed by atoms with Crippen molar-refractivity contribution in [1.82, 2.24) is 0 Å². The fraction of sp³-hybridized carbons (Fsp3) is 0.462. The summed E-state index contributed by atoms with van der Waals surface area (Å²) < 4.78 is 10.5. The Bertz CT molecular complexity index is 431. The van der Waals surface area contributed by atoms with Crippen LogP contribution in [0.15, 0.2) is 12.1 Å². The van der Waals surface area contributed by atoms with E-state index in [1.165, 1.54) is 20.3 Å². The Morgan fingerprint density at radius 3 is 2.50 bits per heavy atom. The third-order valence-electron chi connectivity index (χ3n) is 2.89. The minimum absolute atomic E-state index is 0.109.